The van der Waals surface area contributed by atoms with Crippen molar-refractivity contribution in [1.29, 1.82) is 0 Å². The van der Waals surface area contributed by atoms with E-state index in [-0.39, 0.29) is 11.9 Å². The van der Waals surface area contributed by atoms with Gasteiger partial charge in [-0.05, 0) is 50.2 Å². The molecule has 5 heteroatoms. The molecule has 1 fully saturated rings. The smallest absolute Gasteiger partial charge is 0.269 e. The van der Waals surface area contributed by atoms with Gasteiger partial charge in [-0.1, -0.05) is 24.3 Å². The van der Waals surface area contributed by atoms with E-state index in [9.17, 15) is 4.79 Å². The summed E-state index contributed by atoms with van der Waals surface area (Å²) in [4.78, 5) is 19.4. The van der Waals surface area contributed by atoms with Crippen LogP contribution in [0.5, 0.6) is 0 Å². The summed E-state index contributed by atoms with van der Waals surface area (Å²) in [5.74, 6) is 0.746. The lowest BCUT2D eigenvalue weighted by Gasteiger charge is -2.25. The summed E-state index contributed by atoms with van der Waals surface area (Å²) in [6, 6.07) is 15.4. The molecule has 2 aromatic heterocycles. The quantitative estimate of drug-likeness (QED) is 0.776. The van der Waals surface area contributed by atoms with Crippen LogP contribution in [-0.2, 0) is 0 Å². The molecule has 1 aliphatic heterocycles. The van der Waals surface area contributed by atoms with Gasteiger partial charge in [-0.2, -0.15) is 0 Å². The zero-order valence-electron chi connectivity index (χ0n) is 14.0. The summed E-state index contributed by atoms with van der Waals surface area (Å²) >= 11 is 0. The van der Waals surface area contributed by atoms with Crippen molar-refractivity contribution in [1.82, 2.24) is 15.2 Å². The Morgan fingerprint density at radius 2 is 1.96 bits per heavy atom. The number of carbonyl (C=O) groups is 1. The van der Waals surface area contributed by atoms with Crippen molar-refractivity contribution < 1.29 is 9.21 Å². The minimum Gasteiger partial charge on any atom is -0.468 e. The number of para-hydroxylation sites is 1. The van der Waals surface area contributed by atoms with Gasteiger partial charge in [0.25, 0.3) is 5.91 Å². The molecule has 1 aromatic carbocycles. The van der Waals surface area contributed by atoms with Crippen LogP contribution >= 0.6 is 0 Å². The van der Waals surface area contributed by atoms with Gasteiger partial charge in [0, 0.05) is 11.9 Å². The first kappa shape index (κ1) is 15.8. The second kappa shape index (κ2) is 7.07. The van der Waals surface area contributed by atoms with Crippen LogP contribution in [0.3, 0.4) is 0 Å². The number of aromatic nitrogens is 1. The third-order valence-electron chi connectivity index (χ3n) is 4.74. The number of furan rings is 1. The Balaban J connectivity index is 1.48. The van der Waals surface area contributed by atoms with E-state index in [1.165, 1.54) is 12.8 Å². The van der Waals surface area contributed by atoms with Gasteiger partial charge in [0.15, 0.2) is 0 Å². The highest BCUT2D eigenvalue weighted by molar-refractivity contribution is 5.94. The molecule has 0 spiro atoms. The Morgan fingerprint density at radius 3 is 2.76 bits per heavy atom. The SMILES string of the molecule is O=C(NC[C@@H](c1ccco1)N1CCCC1)c1ccc2ccccc2n1. The number of benzene rings is 1. The normalized spacial score (nSPS) is 16.2. The summed E-state index contributed by atoms with van der Waals surface area (Å²) < 4.78 is 5.60. The van der Waals surface area contributed by atoms with Crippen LogP contribution in [0.1, 0.15) is 35.1 Å². The van der Waals surface area contributed by atoms with Crippen molar-refractivity contribution in [2.75, 3.05) is 19.6 Å². The van der Waals surface area contributed by atoms with E-state index >= 15 is 0 Å². The fourth-order valence-electron chi connectivity index (χ4n) is 3.42. The predicted octanol–water partition coefficient (Wildman–Crippen LogP) is 3.39. The van der Waals surface area contributed by atoms with Gasteiger partial charge in [-0.3, -0.25) is 9.69 Å². The van der Waals surface area contributed by atoms with Gasteiger partial charge in [0.2, 0.25) is 0 Å². The number of hydrogen-bond donors (Lipinski definition) is 1. The van der Waals surface area contributed by atoms with E-state index in [0.717, 1.165) is 29.8 Å². The van der Waals surface area contributed by atoms with E-state index < -0.39 is 0 Å². The minimum atomic E-state index is -0.151. The average molecular weight is 335 g/mol. The van der Waals surface area contributed by atoms with E-state index in [0.29, 0.717) is 12.2 Å². The maximum atomic E-state index is 12.6. The van der Waals surface area contributed by atoms with Crippen LogP contribution in [0.15, 0.2) is 59.2 Å². The molecule has 5 nitrogen and oxygen atoms in total. The molecule has 1 aliphatic rings. The fourth-order valence-corrected chi connectivity index (χ4v) is 3.42. The van der Waals surface area contributed by atoms with Crippen LogP contribution in [0.4, 0.5) is 0 Å². The molecule has 1 amide bonds. The number of amides is 1. The van der Waals surface area contributed by atoms with Crippen LogP contribution in [0, 0.1) is 0 Å². The van der Waals surface area contributed by atoms with Crippen molar-refractivity contribution in [3.63, 3.8) is 0 Å². The Labute approximate surface area is 146 Å². The summed E-state index contributed by atoms with van der Waals surface area (Å²) in [6.45, 7) is 2.59. The van der Waals surface area contributed by atoms with E-state index in [1.54, 1.807) is 12.3 Å². The minimum absolute atomic E-state index is 0.0712. The number of carbonyl (C=O) groups excluding carboxylic acids is 1. The number of pyridine rings is 1. The molecule has 4 rings (SSSR count). The number of nitrogens with one attached hydrogen (secondary N) is 1. The van der Waals surface area contributed by atoms with Crippen LogP contribution in [0.2, 0.25) is 0 Å². The molecule has 1 N–H and O–H groups in total. The maximum absolute atomic E-state index is 12.6. The lowest BCUT2D eigenvalue weighted by Crippen LogP contribution is -2.36. The molecule has 128 valence electrons. The zero-order chi connectivity index (χ0) is 17.1. The third kappa shape index (κ3) is 3.42. The first-order valence-electron chi connectivity index (χ1n) is 8.73. The molecule has 0 saturated carbocycles. The molecule has 0 aliphatic carbocycles. The lowest BCUT2D eigenvalue weighted by molar-refractivity contribution is 0.0929. The number of hydrogen-bond acceptors (Lipinski definition) is 4. The molecule has 0 bridgehead atoms. The van der Waals surface area contributed by atoms with Gasteiger partial charge in [0.05, 0.1) is 17.8 Å². The Hall–Kier alpha value is -2.66. The Morgan fingerprint density at radius 1 is 1.12 bits per heavy atom. The van der Waals surface area contributed by atoms with Crippen molar-refractivity contribution in [3.05, 3.63) is 66.2 Å². The number of fused-ring (bicyclic) bond motifs is 1. The van der Waals surface area contributed by atoms with Crippen molar-refractivity contribution in [3.8, 4) is 0 Å². The second-order valence-electron chi connectivity index (χ2n) is 6.37. The summed E-state index contributed by atoms with van der Waals surface area (Å²) in [5.41, 5.74) is 1.27. The molecule has 1 saturated heterocycles. The molecular formula is C20H21N3O2. The van der Waals surface area contributed by atoms with E-state index in [2.05, 4.69) is 15.2 Å². The average Bonchev–Trinajstić information content (AvgIpc) is 3.36. The Bertz CT molecular complexity index is 854. The predicted molar refractivity (Wildman–Crippen MR) is 96.3 cm³/mol. The van der Waals surface area contributed by atoms with Crippen LogP contribution < -0.4 is 5.32 Å². The highest BCUT2D eigenvalue weighted by Gasteiger charge is 2.26. The standard InChI is InChI=1S/C20H21N3O2/c24-20(17-10-9-15-6-1-2-7-16(15)22-17)21-14-18(19-8-5-13-25-19)23-11-3-4-12-23/h1-2,5-10,13,18H,3-4,11-12,14H2,(H,21,24)/t18-/m0/s1. The molecule has 0 unspecified atom stereocenters. The van der Waals surface area contributed by atoms with Gasteiger partial charge < -0.3 is 9.73 Å². The fraction of sp³-hybridized carbons (Fsp3) is 0.300. The zero-order valence-corrected chi connectivity index (χ0v) is 14.0. The molecule has 25 heavy (non-hydrogen) atoms. The summed E-state index contributed by atoms with van der Waals surface area (Å²) in [7, 11) is 0. The maximum Gasteiger partial charge on any atom is 0.269 e. The van der Waals surface area contributed by atoms with Crippen molar-refractivity contribution in [2.24, 2.45) is 0 Å². The molecule has 3 heterocycles. The molecule has 0 radical (unpaired) electrons. The van der Waals surface area contributed by atoms with Crippen LogP contribution in [-0.4, -0.2) is 35.4 Å². The number of nitrogens with zero attached hydrogens (tertiary/aromatic N) is 2. The second-order valence-corrected chi connectivity index (χ2v) is 6.37. The summed E-state index contributed by atoms with van der Waals surface area (Å²) in [6.07, 6.45) is 4.07. The molecule has 1 atom stereocenters. The largest absolute Gasteiger partial charge is 0.468 e. The highest BCUT2D eigenvalue weighted by Crippen LogP contribution is 2.25. The monoisotopic (exact) mass is 335 g/mol. The number of rotatable bonds is 5. The van der Waals surface area contributed by atoms with E-state index in [4.69, 9.17) is 4.42 Å². The lowest BCUT2D eigenvalue weighted by atomic mass is 10.1. The first-order chi connectivity index (χ1) is 12.3. The number of likely N-dealkylation sites (tertiary alicyclic amines) is 1. The van der Waals surface area contributed by atoms with Crippen molar-refractivity contribution >= 4 is 16.8 Å². The first-order valence-corrected chi connectivity index (χ1v) is 8.73. The topological polar surface area (TPSA) is 58.4 Å². The van der Waals surface area contributed by atoms with E-state index in [1.807, 2.05) is 42.5 Å². The van der Waals surface area contributed by atoms with Gasteiger partial charge >= 0.3 is 0 Å². The third-order valence-corrected chi connectivity index (χ3v) is 4.74. The summed E-state index contributed by atoms with van der Waals surface area (Å²) in [5, 5.41) is 4.06. The van der Waals surface area contributed by atoms with Crippen molar-refractivity contribution in [2.45, 2.75) is 18.9 Å². The molecular weight excluding hydrogens is 314 g/mol. The van der Waals surface area contributed by atoms with Gasteiger partial charge in [-0.25, -0.2) is 4.98 Å². The highest BCUT2D eigenvalue weighted by atomic mass is 16.3. The van der Waals surface area contributed by atoms with Crippen LogP contribution in [0.25, 0.3) is 10.9 Å². The Kier molecular flexibility index (Phi) is 4.48. The van der Waals surface area contributed by atoms with Gasteiger partial charge in [-0.15, -0.1) is 0 Å². The molecule has 3 aromatic rings. The van der Waals surface area contributed by atoms with Gasteiger partial charge in [0.1, 0.15) is 11.5 Å².